The van der Waals surface area contributed by atoms with Crippen LogP contribution in [0.15, 0.2) is 0 Å². The van der Waals surface area contributed by atoms with Gasteiger partial charge in [-0.05, 0) is 33.1 Å². The van der Waals surface area contributed by atoms with E-state index in [0.717, 1.165) is 6.42 Å². The standard InChI is InChI=1S/C9H16O4/c1-9(2,12)8(11)6-4-3-5-7(10)13-6/h6-7,10,12H,3-5H2,1-2H3. The molecule has 2 atom stereocenters. The average molecular weight is 188 g/mol. The van der Waals surface area contributed by atoms with E-state index in [0.29, 0.717) is 12.8 Å². The molecule has 4 heteroatoms. The topological polar surface area (TPSA) is 66.8 Å². The fourth-order valence-corrected chi connectivity index (χ4v) is 1.39. The van der Waals surface area contributed by atoms with E-state index in [4.69, 9.17) is 9.84 Å². The Morgan fingerprint density at radius 3 is 2.54 bits per heavy atom. The predicted octanol–water partition coefficient (Wildman–Crippen LogP) is 0.214. The first kappa shape index (κ1) is 10.6. The smallest absolute Gasteiger partial charge is 0.192 e. The van der Waals surface area contributed by atoms with E-state index in [1.54, 1.807) is 0 Å². The van der Waals surface area contributed by atoms with Gasteiger partial charge in [-0.3, -0.25) is 4.79 Å². The number of ether oxygens (including phenoxy) is 1. The van der Waals surface area contributed by atoms with E-state index in [2.05, 4.69) is 0 Å². The summed E-state index contributed by atoms with van der Waals surface area (Å²) in [4.78, 5) is 11.5. The van der Waals surface area contributed by atoms with Crippen LogP contribution in [0.2, 0.25) is 0 Å². The van der Waals surface area contributed by atoms with Gasteiger partial charge < -0.3 is 14.9 Å². The molecular formula is C9H16O4. The lowest BCUT2D eigenvalue weighted by Crippen LogP contribution is -2.44. The van der Waals surface area contributed by atoms with Crippen LogP contribution in [0.1, 0.15) is 33.1 Å². The number of hydrogen-bond donors (Lipinski definition) is 2. The van der Waals surface area contributed by atoms with E-state index in [-0.39, 0.29) is 5.78 Å². The zero-order valence-corrected chi connectivity index (χ0v) is 7.99. The van der Waals surface area contributed by atoms with Crippen molar-refractivity contribution in [3.63, 3.8) is 0 Å². The first-order chi connectivity index (χ1) is 5.91. The lowest BCUT2D eigenvalue weighted by Gasteiger charge is -2.29. The lowest BCUT2D eigenvalue weighted by atomic mass is 9.94. The van der Waals surface area contributed by atoms with Crippen molar-refractivity contribution in [1.29, 1.82) is 0 Å². The van der Waals surface area contributed by atoms with Crippen LogP contribution in [-0.2, 0) is 9.53 Å². The Labute approximate surface area is 77.5 Å². The molecule has 0 amide bonds. The van der Waals surface area contributed by atoms with Crippen molar-refractivity contribution >= 4 is 5.78 Å². The maximum Gasteiger partial charge on any atom is 0.192 e. The number of rotatable bonds is 2. The molecule has 0 aromatic rings. The first-order valence-corrected chi connectivity index (χ1v) is 4.51. The summed E-state index contributed by atoms with van der Waals surface area (Å²) in [5, 5.41) is 18.6. The van der Waals surface area contributed by atoms with Crippen molar-refractivity contribution in [2.75, 3.05) is 0 Å². The highest BCUT2D eigenvalue weighted by molar-refractivity contribution is 5.90. The third-order valence-electron chi connectivity index (χ3n) is 2.13. The maximum atomic E-state index is 11.5. The third-order valence-corrected chi connectivity index (χ3v) is 2.13. The summed E-state index contributed by atoms with van der Waals surface area (Å²) in [6.45, 7) is 2.86. The van der Waals surface area contributed by atoms with Gasteiger partial charge in [0.25, 0.3) is 0 Å². The van der Waals surface area contributed by atoms with Crippen LogP contribution in [0.3, 0.4) is 0 Å². The second-order valence-corrected chi connectivity index (χ2v) is 3.93. The molecule has 1 fully saturated rings. The molecular weight excluding hydrogens is 172 g/mol. The minimum absolute atomic E-state index is 0.355. The van der Waals surface area contributed by atoms with E-state index in [1.165, 1.54) is 13.8 Å². The fourth-order valence-electron chi connectivity index (χ4n) is 1.39. The molecule has 2 unspecified atom stereocenters. The van der Waals surface area contributed by atoms with Gasteiger partial charge in [-0.1, -0.05) is 0 Å². The molecule has 2 N–H and O–H groups in total. The van der Waals surface area contributed by atoms with Crippen LogP contribution in [0, 0.1) is 0 Å². The lowest BCUT2D eigenvalue weighted by molar-refractivity contribution is -0.184. The van der Waals surface area contributed by atoms with Crippen LogP contribution >= 0.6 is 0 Å². The van der Waals surface area contributed by atoms with Gasteiger partial charge in [0.1, 0.15) is 11.7 Å². The highest BCUT2D eigenvalue weighted by Crippen LogP contribution is 2.21. The van der Waals surface area contributed by atoms with Crippen molar-refractivity contribution < 1.29 is 19.7 Å². The molecule has 0 aliphatic carbocycles. The predicted molar refractivity (Wildman–Crippen MR) is 46.0 cm³/mol. The zero-order chi connectivity index (χ0) is 10.1. The van der Waals surface area contributed by atoms with Crippen molar-refractivity contribution in [1.82, 2.24) is 0 Å². The van der Waals surface area contributed by atoms with Crippen molar-refractivity contribution in [2.45, 2.75) is 51.1 Å². The fraction of sp³-hybridized carbons (Fsp3) is 0.889. The molecule has 0 aromatic heterocycles. The minimum Gasteiger partial charge on any atom is -0.383 e. The average Bonchev–Trinajstić information content (AvgIpc) is 2.01. The summed E-state index contributed by atoms with van der Waals surface area (Å²) >= 11 is 0. The molecule has 1 rings (SSSR count). The molecule has 1 saturated heterocycles. The quantitative estimate of drug-likeness (QED) is 0.650. The molecule has 0 spiro atoms. The summed E-state index contributed by atoms with van der Waals surface area (Å²) in [5.74, 6) is -0.355. The van der Waals surface area contributed by atoms with Crippen LogP contribution in [-0.4, -0.2) is 34.0 Å². The van der Waals surface area contributed by atoms with E-state index in [1.807, 2.05) is 0 Å². The van der Waals surface area contributed by atoms with Crippen LogP contribution in [0.25, 0.3) is 0 Å². The second kappa shape index (κ2) is 3.74. The molecule has 4 nitrogen and oxygen atoms in total. The van der Waals surface area contributed by atoms with Crippen LogP contribution in [0.5, 0.6) is 0 Å². The molecule has 1 heterocycles. The Hall–Kier alpha value is -0.450. The number of ketones is 1. The molecule has 0 radical (unpaired) electrons. The summed E-state index contributed by atoms with van der Waals surface area (Å²) in [6.07, 6.45) is 0.400. The monoisotopic (exact) mass is 188 g/mol. The van der Waals surface area contributed by atoms with Gasteiger partial charge in [-0.25, -0.2) is 0 Å². The molecule has 76 valence electrons. The summed E-state index contributed by atoms with van der Waals surface area (Å²) < 4.78 is 5.02. The van der Waals surface area contributed by atoms with Gasteiger partial charge >= 0.3 is 0 Å². The van der Waals surface area contributed by atoms with Gasteiger partial charge in [-0.2, -0.15) is 0 Å². The number of carbonyl (C=O) groups is 1. The van der Waals surface area contributed by atoms with Gasteiger partial charge in [0, 0.05) is 0 Å². The number of carbonyl (C=O) groups excluding carboxylic acids is 1. The number of Topliss-reactive ketones (excluding diaryl/α,β-unsaturated/α-hetero) is 1. The number of aliphatic hydroxyl groups is 2. The highest BCUT2D eigenvalue weighted by atomic mass is 16.6. The number of hydrogen-bond acceptors (Lipinski definition) is 4. The van der Waals surface area contributed by atoms with Gasteiger partial charge in [0.05, 0.1) is 0 Å². The normalized spacial score (nSPS) is 30.2. The SMILES string of the molecule is CC(C)(O)C(=O)C1CCCC(O)O1. The van der Waals surface area contributed by atoms with Gasteiger partial charge in [0.15, 0.2) is 12.1 Å². The largest absolute Gasteiger partial charge is 0.383 e. The van der Waals surface area contributed by atoms with E-state index >= 15 is 0 Å². The maximum absolute atomic E-state index is 11.5. The highest BCUT2D eigenvalue weighted by Gasteiger charge is 2.35. The summed E-state index contributed by atoms with van der Waals surface area (Å²) in [6, 6.07) is 0. The van der Waals surface area contributed by atoms with Gasteiger partial charge in [0.2, 0.25) is 0 Å². The summed E-state index contributed by atoms with van der Waals surface area (Å²) in [7, 11) is 0. The Kier molecular flexibility index (Phi) is 3.05. The third kappa shape index (κ3) is 2.76. The second-order valence-electron chi connectivity index (χ2n) is 3.93. The first-order valence-electron chi connectivity index (χ1n) is 4.51. The number of aliphatic hydroxyl groups excluding tert-OH is 1. The molecule has 1 aliphatic rings. The van der Waals surface area contributed by atoms with Crippen molar-refractivity contribution in [3.8, 4) is 0 Å². The Morgan fingerprint density at radius 1 is 1.46 bits per heavy atom. The van der Waals surface area contributed by atoms with E-state index < -0.39 is 18.0 Å². The van der Waals surface area contributed by atoms with Crippen LogP contribution < -0.4 is 0 Å². The minimum atomic E-state index is -1.37. The van der Waals surface area contributed by atoms with Crippen molar-refractivity contribution in [3.05, 3.63) is 0 Å². The Bertz CT molecular complexity index is 194. The Balaban J connectivity index is 2.56. The van der Waals surface area contributed by atoms with Gasteiger partial charge in [-0.15, -0.1) is 0 Å². The van der Waals surface area contributed by atoms with Crippen molar-refractivity contribution in [2.24, 2.45) is 0 Å². The van der Waals surface area contributed by atoms with Crippen LogP contribution in [0.4, 0.5) is 0 Å². The molecule has 1 aliphatic heterocycles. The summed E-state index contributed by atoms with van der Waals surface area (Å²) in [5.41, 5.74) is -1.37. The molecule has 0 aromatic carbocycles. The Morgan fingerprint density at radius 2 is 2.08 bits per heavy atom. The van der Waals surface area contributed by atoms with E-state index in [9.17, 15) is 9.90 Å². The zero-order valence-electron chi connectivity index (χ0n) is 7.99. The molecule has 13 heavy (non-hydrogen) atoms. The molecule has 0 bridgehead atoms. The molecule has 0 saturated carbocycles.